The summed E-state index contributed by atoms with van der Waals surface area (Å²) in [7, 11) is 1.36. The minimum absolute atomic E-state index is 0.00167. The molecule has 6 unspecified atom stereocenters. The molecule has 4 nitrogen and oxygen atoms in total. The van der Waals surface area contributed by atoms with Crippen LogP contribution in [0.25, 0.3) is 0 Å². The van der Waals surface area contributed by atoms with Crippen LogP contribution in [0.2, 0.25) is 0 Å². The molecule has 82 valence electrons. The van der Waals surface area contributed by atoms with Gasteiger partial charge in [0.15, 0.2) is 0 Å². The van der Waals surface area contributed by atoms with Crippen molar-refractivity contribution >= 4 is 24.6 Å². The third kappa shape index (κ3) is 0.994. The van der Waals surface area contributed by atoms with E-state index in [1.54, 1.807) is 0 Å². The molecule has 1 heterocycles. The van der Waals surface area contributed by atoms with E-state index in [0.717, 1.165) is 6.42 Å². The third-order valence-electron chi connectivity index (χ3n) is 4.05. The van der Waals surface area contributed by atoms with Crippen LogP contribution in [0.15, 0.2) is 0 Å². The highest BCUT2D eigenvalue weighted by Crippen LogP contribution is 2.59. The molecule has 0 aromatic rings. The van der Waals surface area contributed by atoms with Gasteiger partial charge >= 0.3 is 11.9 Å². The topological polar surface area (TPSA) is 52.6 Å². The first-order valence-corrected chi connectivity index (χ1v) is 5.63. The van der Waals surface area contributed by atoms with E-state index in [0.29, 0.717) is 0 Å². The van der Waals surface area contributed by atoms with Gasteiger partial charge in [0.25, 0.3) is 0 Å². The lowest BCUT2D eigenvalue weighted by Gasteiger charge is -2.26. The molecule has 0 aromatic heterocycles. The van der Waals surface area contributed by atoms with E-state index in [2.05, 4.69) is 12.6 Å². The van der Waals surface area contributed by atoms with Crippen molar-refractivity contribution in [1.29, 1.82) is 0 Å². The van der Waals surface area contributed by atoms with Crippen molar-refractivity contribution in [1.82, 2.24) is 0 Å². The molecule has 2 saturated carbocycles. The Morgan fingerprint density at radius 3 is 2.93 bits per heavy atom. The fraction of sp³-hybridized carbons (Fsp3) is 0.800. The Balaban J connectivity index is 1.98. The molecule has 3 aliphatic rings. The molecule has 1 saturated heterocycles. The summed E-state index contributed by atoms with van der Waals surface area (Å²) in [5.74, 6) is -0.783. The van der Waals surface area contributed by atoms with Crippen LogP contribution >= 0.6 is 12.6 Å². The number of methoxy groups -OCH3 is 1. The molecule has 3 fully saturated rings. The first-order chi connectivity index (χ1) is 7.15. The van der Waals surface area contributed by atoms with Crippen molar-refractivity contribution in [2.45, 2.75) is 17.8 Å². The molecule has 6 atom stereocenters. The van der Waals surface area contributed by atoms with Crippen LogP contribution in [0.1, 0.15) is 6.42 Å². The van der Waals surface area contributed by atoms with Gasteiger partial charge < -0.3 is 9.47 Å². The van der Waals surface area contributed by atoms with Gasteiger partial charge in [0.1, 0.15) is 6.10 Å². The first-order valence-electron chi connectivity index (χ1n) is 5.11. The molecule has 15 heavy (non-hydrogen) atoms. The summed E-state index contributed by atoms with van der Waals surface area (Å²) in [6.07, 6.45) is 0.798. The lowest BCUT2D eigenvalue weighted by Crippen LogP contribution is -2.38. The van der Waals surface area contributed by atoms with Crippen molar-refractivity contribution in [3.8, 4) is 0 Å². The number of ether oxygens (including phenoxy) is 2. The largest absolute Gasteiger partial charge is 0.469 e. The van der Waals surface area contributed by atoms with Crippen molar-refractivity contribution in [3.63, 3.8) is 0 Å². The van der Waals surface area contributed by atoms with Crippen LogP contribution < -0.4 is 0 Å². The Kier molecular flexibility index (Phi) is 1.84. The predicted molar refractivity (Wildman–Crippen MR) is 53.2 cm³/mol. The average Bonchev–Trinajstić information content (AvgIpc) is 2.80. The molecule has 0 N–H and O–H groups in total. The molecule has 1 aliphatic heterocycles. The number of rotatable bonds is 1. The Bertz CT molecular complexity index is 342. The van der Waals surface area contributed by atoms with Gasteiger partial charge in [-0.05, 0) is 12.3 Å². The van der Waals surface area contributed by atoms with Crippen LogP contribution in [0.3, 0.4) is 0 Å². The van der Waals surface area contributed by atoms with E-state index in [-0.39, 0.29) is 47.0 Å². The molecule has 0 amide bonds. The summed E-state index contributed by atoms with van der Waals surface area (Å²) in [5, 5.41) is 0.00167. The number of hydrogen-bond acceptors (Lipinski definition) is 5. The van der Waals surface area contributed by atoms with E-state index >= 15 is 0 Å². The number of carbonyl (C=O) groups is 2. The number of carbonyl (C=O) groups excluding carboxylic acids is 2. The Morgan fingerprint density at radius 1 is 1.53 bits per heavy atom. The van der Waals surface area contributed by atoms with E-state index in [1.807, 2.05) is 0 Å². The van der Waals surface area contributed by atoms with Gasteiger partial charge in [0.05, 0.1) is 18.9 Å². The minimum atomic E-state index is -0.325. The SMILES string of the molecule is COC(=O)C1C2CC3C(OC(=O)C31)C2S. The second-order valence-electron chi connectivity index (χ2n) is 4.53. The summed E-state index contributed by atoms with van der Waals surface area (Å²) < 4.78 is 10.0. The number of hydrogen-bond donors (Lipinski definition) is 1. The van der Waals surface area contributed by atoms with Crippen molar-refractivity contribution < 1.29 is 19.1 Å². The van der Waals surface area contributed by atoms with Gasteiger partial charge in [-0.3, -0.25) is 9.59 Å². The quantitative estimate of drug-likeness (QED) is 0.517. The summed E-state index contributed by atoms with van der Waals surface area (Å²) in [6, 6.07) is 0. The van der Waals surface area contributed by atoms with Crippen molar-refractivity contribution in [3.05, 3.63) is 0 Å². The summed E-state index contributed by atoms with van der Waals surface area (Å²) in [6.45, 7) is 0. The van der Waals surface area contributed by atoms with E-state index in [9.17, 15) is 9.59 Å². The average molecular weight is 228 g/mol. The normalized spacial score (nSPS) is 50.7. The monoisotopic (exact) mass is 228 g/mol. The van der Waals surface area contributed by atoms with Gasteiger partial charge in [0, 0.05) is 11.2 Å². The maximum Gasteiger partial charge on any atom is 0.310 e. The predicted octanol–water partition coefficient (Wildman–Crippen LogP) is 0.265. The number of fused-ring (bicyclic) bond motifs is 1. The maximum atomic E-state index is 11.6. The smallest absolute Gasteiger partial charge is 0.310 e. The highest BCUT2D eigenvalue weighted by atomic mass is 32.1. The minimum Gasteiger partial charge on any atom is -0.469 e. The summed E-state index contributed by atoms with van der Waals surface area (Å²) in [4.78, 5) is 23.2. The molecule has 5 heteroatoms. The Hall–Kier alpha value is -0.710. The van der Waals surface area contributed by atoms with Crippen LogP contribution in [0, 0.1) is 23.7 Å². The zero-order valence-corrected chi connectivity index (χ0v) is 9.15. The molecule has 3 rings (SSSR count). The first kappa shape index (κ1) is 9.51. The molecule has 2 bridgehead atoms. The highest BCUT2D eigenvalue weighted by molar-refractivity contribution is 7.81. The standard InChI is InChI=1S/C10H12O4S/c1-13-9(11)6-4-2-3-5(6)10(12)14-7(3)8(4)15/h3-8,15H,2H2,1H3. The molecule has 0 spiro atoms. The lowest BCUT2D eigenvalue weighted by molar-refractivity contribution is -0.153. The zero-order chi connectivity index (χ0) is 10.7. The summed E-state index contributed by atoms with van der Waals surface area (Å²) >= 11 is 4.45. The number of thiol groups is 1. The van der Waals surface area contributed by atoms with Crippen molar-refractivity contribution in [2.24, 2.45) is 23.7 Å². The van der Waals surface area contributed by atoms with Crippen molar-refractivity contribution in [2.75, 3.05) is 7.11 Å². The maximum absolute atomic E-state index is 11.6. The lowest BCUT2D eigenvalue weighted by atomic mass is 9.80. The van der Waals surface area contributed by atoms with Crippen LogP contribution in [-0.4, -0.2) is 30.4 Å². The van der Waals surface area contributed by atoms with Gasteiger partial charge in [-0.15, -0.1) is 0 Å². The highest BCUT2D eigenvalue weighted by Gasteiger charge is 2.67. The molecule has 0 aromatic carbocycles. The van der Waals surface area contributed by atoms with Crippen LogP contribution in [0.5, 0.6) is 0 Å². The molecular weight excluding hydrogens is 216 g/mol. The molecule has 0 radical (unpaired) electrons. The Labute approximate surface area is 92.7 Å². The fourth-order valence-electron chi connectivity index (χ4n) is 3.48. The second-order valence-corrected chi connectivity index (χ2v) is 5.13. The van der Waals surface area contributed by atoms with Gasteiger partial charge in [-0.25, -0.2) is 0 Å². The fourth-order valence-corrected chi connectivity index (χ4v) is 4.07. The Morgan fingerprint density at radius 2 is 2.27 bits per heavy atom. The summed E-state index contributed by atoms with van der Waals surface area (Å²) in [5.41, 5.74) is 0. The van der Waals surface area contributed by atoms with E-state index in [1.165, 1.54) is 7.11 Å². The zero-order valence-electron chi connectivity index (χ0n) is 8.25. The molecule has 2 aliphatic carbocycles. The second kappa shape index (κ2) is 2.90. The van der Waals surface area contributed by atoms with Gasteiger partial charge in [-0.2, -0.15) is 12.6 Å². The van der Waals surface area contributed by atoms with Crippen LogP contribution in [0.4, 0.5) is 0 Å². The molecular formula is C10H12O4S. The third-order valence-corrected chi connectivity index (χ3v) is 4.73. The van der Waals surface area contributed by atoms with Gasteiger partial charge in [0.2, 0.25) is 0 Å². The number of esters is 2. The van der Waals surface area contributed by atoms with Crippen LogP contribution in [-0.2, 0) is 19.1 Å². The van der Waals surface area contributed by atoms with E-state index in [4.69, 9.17) is 9.47 Å². The van der Waals surface area contributed by atoms with Gasteiger partial charge in [-0.1, -0.05) is 0 Å². The van der Waals surface area contributed by atoms with E-state index < -0.39 is 0 Å².